The smallest absolute Gasteiger partial charge is 0.243 e. The standard InChI is InChI=1S/C16H32N2O/c1-4-6-7-8-9-10-11-12-13-18-14-17-16(3,5-2)15(18)19/h17H,4-14H2,1-3H3. The fourth-order valence-electron chi connectivity index (χ4n) is 2.66. The van der Waals surface area contributed by atoms with E-state index >= 15 is 0 Å². The van der Waals surface area contributed by atoms with Crippen molar-refractivity contribution in [2.24, 2.45) is 0 Å². The molecule has 0 bridgehead atoms. The molecule has 3 heteroatoms. The summed E-state index contributed by atoms with van der Waals surface area (Å²) in [6.07, 6.45) is 11.4. The molecular weight excluding hydrogens is 236 g/mol. The lowest BCUT2D eigenvalue weighted by Gasteiger charge is -2.20. The maximum atomic E-state index is 12.2. The van der Waals surface area contributed by atoms with Crippen molar-refractivity contribution in [3.8, 4) is 0 Å². The molecule has 1 amide bonds. The van der Waals surface area contributed by atoms with Gasteiger partial charge >= 0.3 is 0 Å². The maximum Gasteiger partial charge on any atom is 0.243 e. The summed E-state index contributed by atoms with van der Waals surface area (Å²) in [5.41, 5.74) is -0.305. The molecule has 1 aliphatic heterocycles. The number of hydrogen-bond donors (Lipinski definition) is 1. The molecule has 1 aliphatic rings. The van der Waals surface area contributed by atoms with Gasteiger partial charge in [0.05, 0.1) is 12.2 Å². The molecule has 1 unspecified atom stereocenters. The fourth-order valence-corrected chi connectivity index (χ4v) is 2.66. The highest BCUT2D eigenvalue weighted by Crippen LogP contribution is 2.19. The third-order valence-electron chi connectivity index (χ3n) is 4.41. The number of nitrogens with one attached hydrogen (secondary N) is 1. The highest BCUT2D eigenvalue weighted by atomic mass is 16.2. The summed E-state index contributed by atoms with van der Waals surface area (Å²) >= 11 is 0. The van der Waals surface area contributed by atoms with Crippen molar-refractivity contribution in [2.45, 2.75) is 84.1 Å². The van der Waals surface area contributed by atoms with Crippen LogP contribution in [0.1, 0.15) is 78.6 Å². The average molecular weight is 268 g/mol. The Hall–Kier alpha value is -0.570. The number of carbonyl (C=O) groups excluding carboxylic acids is 1. The SMILES string of the molecule is CCCCCCCCCCN1CNC(C)(CC)C1=O. The first-order valence-corrected chi connectivity index (χ1v) is 8.18. The minimum absolute atomic E-state index is 0.290. The number of carbonyl (C=O) groups is 1. The summed E-state index contributed by atoms with van der Waals surface area (Å²) in [5, 5.41) is 3.33. The van der Waals surface area contributed by atoms with E-state index in [1.165, 1.54) is 44.9 Å². The van der Waals surface area contributed by atoms with E-state index in [1.54, 1.807) is 0 Å². The van der Waals surface area contributed by atoms with E-state index < -0.39 is 0 Å². The first kappa shape index (κ1) is 16.5. The van der Waals surface area contributed by atoms with Gasteiger partial charge in [0.15, 0.2) is 0 Å². The van der Waals surface area contributed by atoms with Crippen molar-refractivity contribution in [1.29, 1.82) is 0 Å². The summed E-state index contributed by atoms with van der Waals surface area (Å²) < 4.78 is 0. The second kappa shape index (κ2) is 8.57. The normalized spacial score (nSPS) is 23.3. The van der Waals surface area contributed by atoms with Crippen LogP contribution >= 0.6 is 0 Å². The van der Waals surface area contributed by atoms with Crippen molar-refractivity contribution >= 4 is 5.91 Å². The van der Waals surface area contributed by atoms with Crippen LogP contribution in [0.15, 0.2) is 0 Å². The quantitative estimate of drug-likeness (QED) is 0.613. The Balaban J connectivity index is 2.03. The largest absolute Gasteiger partial charge is 0.328 e. The zero-order valence-electron chi connectivity index (χ0n) is 13.1. The summed E-state index contributed by atoms with van der Waals surface area (Å²) in [6.45, 7) is 8.01. The van der Waals surface area contributed by atoms with Gasteiger partial charge in [-0.15, -0.1) is 0 Å². The molecule has 1 N–H and O–H groups in total. The molecule has 0 aromatic carbocycles. The average Bonchev–Trinajstić information content (AvgIpc) is 2.71. The van der Waals surface area contributed by atoms with Crippen LogP contribution in [-0.2, 0) is 4.79 Å². The van der Waals surface area contributed by atoms with E-state index in [4.69, 9.17) is 0 Å². The molecule has 112 valence electrons. The van der Waals surface area contributed by atoms with Crippen molar-refractivity contribution in [3.05, 3.63) is 0 Å². The molecule has 19 heavy (non-hydrogen) atoms. The Morgan fingerprint density at radius 1 is 1.05 bits per heavy atom. The van der Waals surface area contributed by atoms with E-state index in [0.29, 0.717) is 0 Å². The van der Waals surface area contributed by atoms with Crippen LogP contribution in [0.5, 0.6) is 0 Å². The summed E-state index contributed by atoms with van der Waals surface area (Å²) in [6, 6.07) is 0. The third-order valence-corrected chi connectivity index (χ3v) is 4.41. The van der Waals surface area contributed by atoms with Gasteiger partial charge in [0, 0.05) is 6.54 Å². The van der Waals surface area contributed by atoms with Gasteiger partial charge in [-0.1, -0.05) is 58.8 Å². The van der Waals surface area contributed by atoms with Crippen molar-refractivity contribution < 1.29 is 4.79 Å². The summed E-state index contributed by atoms with van der Waals surface area (Å²) in [5.74, 6) is 0.290. The highest BCUT2D eigenvalue weighted by Gasteiger charge is 2.40. The zero-order chi connectivity index (χ0) is 14.1. The molecule has 0 spiro atoms. The lowest BCUT2D eigenvalue weighted by Crippen LogP contribution is -2.43. The first-order chi connectivity index (χ1) is 9.14. The molecule has 0 aromatic rings. The second-order valence-corrected chi connectivity index (χ2v) is 6.06. The summed E-state index contributed by atoms with van der Waals surface area (Å²) in [4.78, 5) is 14.1. The summed E-state index contributed by atoms with van der Waals surface area (Å²) in [7, 11) is 0. The van der Waals surface area contributed by atoms with Gasteiger partial charge in [-0.05, 0) is 19.8 Å². The third kappa shape index (κ3) is 5.13. The van der Waals surface area contributed by atoms with Gasteiger partial charge in [-0.25, -0.2) is 0 Å². The topological polar surface area (TPSA) is 32.3 Å². The molecule has 0 saturated carbocycles. The minimum Gasteiger partial charge on any atom is -0.328 e. The minimum atomic E-state index is -0.305. The van der Waals surface area contributed by atoms with Crippen LogP contribution in [0, 0.1) is 0 Å². The van der Waals surface area contributed by atoms with E-state index in [2.05, 4.69) is 19.2 Å². The number of rotatable bonds is 10. The predicted octanol–water partition coefficient (Wildman–Crippen LogP) is 3.69. The van der Waals surface area contributed by atoms with Gasteiger partial charge in [0.25, 0.3) is 0 Å². The van der Waals surface area contributed by atoms with Gasteiger partial charge < -0.3 is 4.90 Å². The first-order valence-electron chi connectivity index (χ1n) is 8.18. The molecule has 1 heterocycles. The molecular formula is C16H32N2O. The number of nitrogens with zero attached hydrogens (tertiary/aromatic N) is 1. The lowest BCUT2D eigenvalue weighted by molar-refractivity contribution is -0.132. The Bertz CT molecular complexity index is 267. The van der Waals surface area contributed by atoms with Crippen LogP contribution in [0.25, 0.3) is 0 Å². The molecule has 1 fully saturated rings. The van der Waals surface area contributed by atoms with Gasteiger partial charge in [-0.2, -0.15) is 0 Å². The highest BCUT2D eigenvalue weighted by molar-refractivity contribution is 5.87. The van der Waals surface area contributed by atoms with Crippen LogP contribution in [0.3, 0.4) is 0 Å². The molecule has 0 aromatic heterocycles. The zero-order valence-corrected chi connectivity index (χ0v) is 13.1. The van der Waals surface area contributed by atoms with Crippen molar-refractivity contribution in [1.82, 2.24) is 10.2 Å². The second-order valence-electron chi connectivity index (χ2n) is 6.06. The molecule has 0 radical (unpaired) electrons. The molecule has 0 aliphatic carbocycles. The van der Waals surface area contributed by atoms with Crippen molar-refractivity contribution in [3.63, 3.8) is 0 Å². The van der Waals surface area contributed by atoms with Gasteiger partial charge in [-0.3, -0.25) is 10.1 Å². The number of amides is 1. The predicted molar refractivity (Wildman–Crippen MR) is 81.0 cm³/mol. The Kier molecular flexibility index (Phi) is 7.44. The monoisotopic (exact) mass is 268 g/mol. The van der Waals surface area contributed by atoms with Crippen LogP contribution in [0.2, 0.25) is 0 Å². The van der Waals surface area contributed by atoms with E-state index in [-0.39, 0.29) is 11.4 Å². The molecule has 3 nitrogen and oxygen atoms in total. The lowest BCUT2D eigenvalue weighted by atomic mass is 9.99. The van der Waals surface area contributed by atoms with Crippen LogP contribution < -0.4 is 5.32 Å². The van der Waals surface area contributed by atoms with E-state index in [9.17, 15) is 4.79 Å². The molecule has 1 rings (SSSR count). The van der Waals surface area contributed by atoms with Crippen LogP contribution in [0.4, 0.5) is 0 Å². The fraction of sp³-hybridized carbons (Fsp3) is 0.938. The van der Waals surface area contributed by atoms with E-state index in [1.807, 2.05) is 11.8 Å². The number of unbranched alkanes of at least 4 members (excludes halogenated alkanes) is 7. The Morgan fingerprint density at radius 2 is 1.63 bits per heavy atom. The number of hydrogen-bond acceptors (Lipinski definition) is 2. The van der Waals surface area contributed by atoms with Gasteiger partial charge in [0.2, 0.25) is 5.91 Å². The molecule has 1 saturated heterocycles. The van der Waals surface area contributed by atoms with Crippen molar-refractivity contribution in [2.75, 3.05) is 13.2 Å². The van der Waals surface area contributed by atoms with E-state index in [0.717, 1.165) is 26.1 Å². The molecule has 1 atom stereocenters. The van der Waals surface area contributed by atoms with Gasteiger partial charge in [0.1, 0.15) is 0 Å². The Morgan fingerprint density at radius 3 is 2.16 bits per heavy atom. The van der Waals surface area contributed by atoms with Crippen LogP contribution in [-0.4, -0.2) is 29.6 Å². The maximum absolute atomic E-state index is 12.2. The Labute approximate surface area is 119 Å².